The molecule has 0 radical (unpaired) electrons. The lowest BCUT2D eigenvalue weighted by atomic mass is 10.1. The number of anilines is 2. The molecule has 0 aromatic heterocycles. The fourth-order valence-corrected chi connectivity index (χ4v) is 3.01. The Hall–Kier alpha value is -2.11. The van der Waals surface area contributed by atoms with Crippen LogP contribution in [0.1, 0.15) is 16.7 Å². The first-order chi connectivity index (χ1) is 12.1. The Morgan fingerprint density at radius 3 is 2.44 bits per heavy atom. The highest BCUT2D eigenvalue weighted by Crippen LogP contribution is 2.17. The maximum absolute atomic E-state index is 5.40. The number of benzene rings is 2. The SMILES string of the molecule is Cc1ccc(NC(=S)NCc2ccc(N3CCOCC3)cc2)cc1C. The van der Waals surface area contributed by atoms with E-state index in [-0.39, 0.29) is 0 Å². The Labute approximate surface area is 155 Å². The fraction of sp³-hybridized carbons (Fsp3) is 0.350. The van der Waals surface area contributed by atoms with Crippen LogP contribution in [0, 0.1) is 13.8 Å². The summed E-state index contributed by atoms with van der Waals surface area (Å²) in [5.41, 5.74) is 6.02. The van der Waals surface area contributed by atoms with Crippen LogP contribution in [-0.4, -0.2) is 31.4 Å². The Kier molecular flexibility index (Phi) is 5.89. The van der Waals surface area contributed by atoms with Crippen LogP contribution in [0.3, 0.4) is 0 Å². The molecule has 1 fully saturated rings. The maximum Gasteiger partial charge on any atom is 0.171 e. The van der Waals surface area contributed by atoms with E-state index in [1.165, 1.54) is 22.4 Å². The van der Waals surface area contributed by atoms with E-state index in [0.29, 0.717) is 11.7 Å². The zero-order valence-corrected chi connectivity index (χ0v) is 15.7. The third-order valence-corrected chi connectivity index (χ3v) is 4.78. The van der Waals surface area contributed by atoms with Crippen molar-refractivity contribution in [2.75, 3.05) is 36.5 Å². The molecule has 0 unspecified atom stereocenters. The zero-order chi connectivity index (χ0) is 17.6. The zero-order valence-electron chi connectivity index (χ0n) is 14.8. The first-order valence-corrected chi connectivity index (χ1v) is 9.06. The van der Waals surface area contributed by atoms with Crippen molar-refractivity contribution in [2.24, 2.45) is 0 Å². The summed E-state index contributed by atoms with van der Waals surface area (Å²) in [6.45, 7) is 8.45. The van der Waals surface area contributed by atoms with Gasteiger partial charge in [-0.1, -0.05) is 18.2 Å². The molecule has 0 saturated carbocycles. The largest absolute Gasteiger partial charge is 0.378 e. The van der Waals surface area contributed by atoms with E-state index in [1.54, 1.807) is 0 Å². The third-order valence-electron chi connectivity index (χ3n) is 4.53. The van der Waals surface area contributed by atoms with Gasteiger partial charge in [0, 0.05) is 31.0 Å². The highest BCUT2D eigenvalue weighted by Gasteiger charge is 2.10. The van der Waals surface area contributed by atoms with E-state index in [4.69, 9.17) is 17.0 Å². The highest BCUT2D eigenvalue weighted by atomic mass is 32.1. The van der Waals surface area contributed by atoms with Gasteiger partial charge in [-0.05, 0) is 67.0 Å². The van der Waals surface area contributed by atoms with Crippen LogP contribution >= 0.6 is 12.2 Å². The maximum atomic E-state index is 5.40. The van der Waals surface area contributed by atoms with Gasteiger partial charge in [0.05, 0.1) is 13.2 Å². The van der Waals surface area contributed by atoms with Crippen molar-refractivity contribution in [3.05, 3.63) is 59.2 Å². The number of nitrogens with zero attached hydrogens (tertiary/aromatic N) is 1. The molecule has 0 atom stereocenters. The van der Waals surface area contributed by atoms with Gasteiger partial charge in [-0.15, -0.1) is 0 Å². The van der Waals surface area contributed by atoms with Crippen LogP contribution in [0.4, 0.5) is 11.4 Å². The minimum atomic E-state index is 0.639. The number of thiocarbonyl (C=S) groups is 1. The van der Waals surface area contributed by atoms with Crippen molar-refractivity contribution in [3.63, 3.8) is 0 Å². The molecule has 3 rings (SSSR count). The predicted octanol–water partition coefficient (Wildman–Crippen LogP) is 3.63. The summed E-state index contributed by atoms with van der Waals surface area (Å²) < 4.78 is 5.40. The van der Waals surface area contributed by atoms with Crippen LogP contribution in [0.5, 0.6) is 0 Å². The molecule has 1 aliphatic heterocycles. The average Bonchev–Trinajstić information content (AvgIpc) is 2.64. The molecular formula is C20H25N3OS. The van der Waals surface area contributed by atoms with Crippen LogP contribution < -0.4 is 15.5 Å². The monoisotopic (exact) mass is 355 g/mol. The van der Waals surface area contributed by atoms with E-state index in [9.17, 15) is 0 Å². The van der Waals surface area contributed by atoms with Gasteiger partial charge < -0.3 is 20.3 Å². The minimum absolute atomic E-state index is 0.639. The number of rotatable bonds is 4. The molecule has 2 aromatic carbocycles. The molecule has 132 valence electrons. The molecule has 0 aliphatic carbocycles. The van der Waals surface area contributed by atoms with Crippen molar-refractivity contribution in [3.8, 4) is 0 Å². The van der Waals surface area contributed by atoms with Crippen molar-refractivity contribution in [1.29, 1.82) is 0 Å². The predicted molar refractivity (Wildman–Crippen MR) is 108 cm³/mol. The minimum Gasteiger partial charge on any atom is -0.378 e. The highest BCUT2D eigenvalue weighted by molar-refractivity contribution is 7.80. The number of hydrogen-bond donors (Lipinski definition) is 2. The second-order valence-electron chi connectivity index (χ2n) is 6.37. The smallest absolute Gasteiger partial charge is 0.171 e. The molecule has 25 heavy (non-hydrogen) atoms. The quantitative estimate of drug-likeness (QED) is 0.819. The molecule has 2 aromatic rings. The van der Waals surface area contributed by atoms with E-state index < -0.39 is 0 Å². The van der Waals surface area contributed by atoms with E-state index in [0.717, 1.165) is 32.0 Å². The summed E-state index contributed by atoms with van der Waals surface area (Å²) in [6, 6.07) is 14.9. The fourth-order valence-electron chi connectivity index (χ4n) is 2.82. The molecule has 1 heterocycles. The Balaban J connectivity index is 1.50. The lowest BCUT2D eigenvalue weighted by Gasteiger charge is -2.28. The Morgan fingerprint density at radius 1 is 1.04 bits per heavy atom. The second kappa shape index (κ2) is 8.32. The summed E-state index contributed by atoms with van der Waals surface area (Å²) in [5, 5.41) is 7.15. The Bertz CT molecular complexity index is 724. The average molecular weight is 356 g/mol. The topological polar surface area (TPSA) is 36.5 Å². The summed E-state index contributed by atoms with van der Waals surface area (Å²) in [6.07, 6.45) is 0. The van der Waals surface area contributed by atoms with Gasteiger partial charge in [0.2, 0.25) is 0 Å². The summed E-state index contributed by atoms with van der Waals surface area (Å²) >= 11 is 5.40. The van der Waals surface area contributed by atoms with Crippen molar-refractivity contribution < 1.29 is 4.74 Å². The number of morpholine rings is 1. The number of aryl methyl sites for hydroxylation is 2. The first kappa shape index (κ1) is 17.7. The third kappa shape index (κ3) is 4.94. The molecule has 1 saturated heterocycles. The van der Waals surface area contributed by atoms with E-state index in [2.05, 4.69) is 65.8 Å². The standard InChI is InChI=1S/C20H25N3OS/c1-15-3-6-18(13-16(15)2)22-20(25)21-14-17-4-7-19(8-5-17)23-9-11-24-12-10-23/h3-8,13H,9-12,14H2,1-2H3,(H2,21,22,25). The molecule has 4 nitrogen and oxygen atoms in total. The summed E-state index contributed by atoms with van der Waals surface area (Å²) in [4.78, 5) is 2.35. The number of ether oxygens (including phenoxy) is 1. The molecule has 0 spiro atoms. The number of nitrogens with one attached hydrogen (secondary N) is 2. The van der Waals surface area contributed by atoms with Crippen LogP contribution in [0.15, 0.2) is 42.5 Å². The van der Waals surface area contributed by atoms with Gasteiger partial charge >= 0.3 is 0 Å². The van der Waals surface area contributed by atoms with Gasteiger partial charge in [0.15, 0.2) is 5.11 Å². The van der Waals surface area contributed by atoms with Gasteiger partial charge in [-0.3, -0.25) is 0 Å². The van der Waals surface area contributed by atoms with Crippen molar-refractivity contribution >= 4 is 28.7 Å². The van der Waals surface area contributed by atoms with Crippen LogP contribution in [-0.2, 0) is 11.3 Å². The van der Waals surface area contributed by atoms with Gasteiger partial charge in [-0.2, -0.15) is 0 Å². The molecule has 2 N–H and O–H groups in total. The summed E-state index contributed by atoms with van der Waals surface area (Å²) in [5.74, 6) is 0. The van der Waals surface area contributed by atoms with Crippen molar-refractivity contribution in [2.45, 2.75) is 20.4 Å². The van der Waals surface area contributed by atoms with Crippen LogP contribution in [0.25, 0.3) is 0 Å². The van der Waals surface area contributed by atoms with Gasteiger partial charge in [0.1, 0.15) is 0 Å². The lowest BCUT2D eigenvalue weighted by molar-refractivity contribution is 0.122. The van der Waals surface area contributed by atoms with Gasteiger partial charge in [-0.25, -0.2) is 0 Å². The van der Waals surface area contributed by atoms with E-state index in [1.807, 2.05) is 6.07 Å². The Morgan fingerprint density at radius 2 is 1.76 bits per heavy atom. The van der Waals surface area contributed by atoms with Crippen LogP contribution in [0.2, 0.25) is 0 Å². The van der Waals surface area contributed by atoms with Gasteiger partial charge in [0.25, 0.3) is 0 Å². The molecular weight excluding hydrogens is 330 g/mol. The van der Waals surface area contributed by atoms with Crippen molar-refractivity contribution in [1.82, 2.24) is 5.32 Å². The first-order valence-electron chi connectivity index (χ1n) is 8.65. The molecule has 0 amide bonds. The molecule has 0 bridgehead atoms. The summed E-state index contributed by atoms with van der Waals surface area (Å²) in [7, 11) is 0. The number of hydrogen-bond acceptors (Lipinski definition) is 3. The molecule has 1 aliphatic rings. The second-order valence-corrected chi connectivity index (χ2v) is 6.78. The normalized spacial score (nSPS) is 14.2. The van der Waals surface area contributed by atoms with E-state index >= 15 is 0 Å². The lowest BCUT2D eigenvalue weighted by Crippen LogP contribution is -2.36. The molecule has 5 heteroatoms.